The molecule has 0 aliphatic carbocycles. The lowest BCUT2D eigenvalue weighted by Crippen LogP contribution is -2.52. The smallest absolute Gasteiger partial charge is 0.239 e. The summed E-state index contributed by atoms with van der Waals surface area (Å²) < 4.78 is 0. The van der Waals surface area contributed by atoms with Crippen molar-refractivity contribution < 1.29 is 9.59 Å². The van der Waals surface area contributed by atoms with E-state index >= 15 is 0 Å². The van der Waals surface area contributed by atoms with Gasteiger partial charge in [-0.1, -0.05) is 13.3 Å². The fourth-order valence-electron chi connectivity index (χ4n) is 3.01. The predicted octanol–water partition coefficient (Wildman–Crippen LogP) is 1.14. The molecular weight excluding hydrogens is 254 g/mol. The second-order valence-corrected chi connectivity index (χ2v) is 6.19. The molecule has 0 radical (unpaired) electrons. The number of amides is 2. The first-order valence-corrected chi connectivity index (χ1v) is 7.67. The van der Waals surface area contributed by atoms with Crippen LogP contribution in [0.2, 0.25) is 0 Å². The second-order valence-electron chi connectivity index (χ2n) is 6.19. The number of nitrogens with zero attached hydrogens (tertiary/aromatic N) is 1. The summed E-state index contributed by atoms with van der Waals surface area (Å²) in [5, 5.41) is 6.16. The third-order valence-corrected chi connectivity index (χ3v) is 3.83. The summed E-state index contributed by atoms with van der Waals surface area (Å²) in [4.78, 5) is 26.1. The molecule has 0 aromatic carbocycles. The van der Waals surface area contributed by atoms with E-state index < -0.39 is 0 Å². The number of hydrogen-bond acceptors (Lipinski definition) is 3. The van der Waals surface area contributed by atoms with Gasteiger partial charge in [0.15, 0.2) is 0 Å². The van der Waals surface area contributed by atoms with Gasteiger partial charge < -0.3 is 15.5 Å². The Hall–Kier alpha value is -1.10. The van der Waals surface area contributed by atoms with E-state index in [9.17, 15) is 9.59 Å². The molecule has 1 aliphatic heterocycles. The number of piperidine rings is 1. The molecule has 1 saturated heterocycles. The molecule has 1 unspecified atom stereocenters. The van der Waals surface area contributed by atoms with E-state index in [1.165, 1.54) is 0 Å². The summed E-state index contributed by atoms with van der Waals surface area (Å²) in [6.45, 7) is 7.80. The molecule has 5 nitrogen and oxygen atoms in total. The van der Waals surface area contributed by atoms with Crippen LogP contribution in [0.3, 0.4) is 0 Å². The Balaban J connectivity index is 2.66. The third kappa shape index (κ3) is 4.47. The van der Waals surface area contributed by atoms with Gasteiger partial charge in [-0.25, -0.2) is 0 Å². The molecule has 0 bridgehead atoms. The van der Waals surface area contributed by atoms with Crippen LogP contribution in [0, 0.1) is 5.41 Å². The van der Waals surface area contributed by atoms with Gasteiger partial charge in [0.05, 0.1) is 12.0 Å². The predicted molar refractivity (Wildman–Crippen MR) is 80.4 cm³/mol. The van der Waals surface area contributed by atoms with E-state index in [1.807, 2.05) is 13.8 Å². The first-order chi connectivity index (χ1) is 9.41. The molecule has 20 heavy (non-hydrogen) atoms. The van der Waals surface area contributed by atoms with Crippen LogP contribution in [0.15, 0.2) is 0 Å². The van der Waals surface area contributed by atoms with Crippen molar-refractivity contribution in [2.24, 2.45) is 5.41 Å². The summed E-state index contributed by atoms with van der Waals surface area (Å²) >= 11 is 0. The molecule has 0 aromatic rings. The number of hydrogen-bond donors (Lipinski definition) is 2. The number of carbonyl (C=O) groups excluding carboxylic acids is 2. The summed E-state index contributed by atoms with van der Waals surface area (Å²) in [5.41, 5.74) is -0.320. The molecule has 0 spiro atoms. The van der Waals surface area contributed by atoms with Crippen molar-refractivity contribution in [1.82, 2.24) is 15.5 Å². The lowest BCUT2D eigenvalue weighted by Gasteiger charge is -2.39. The molecule has 1 aliphatic rings. The van der Waals surface area contributed by atoms with Gasteiger partial charge in [0.1, 0.15) is 0 Å². The molecule has 2 N–H and O–H groups in total. The Morgan fingerprint density at radius 2 is 2.10 bits per heavy atom. The Kier molecular flexibility index (Phi) is 6.46. The van der Waals surface area contributed by atoms with Crippen molar-refractivity contribution in [3.05, 3.63) is 0 Å². The minimum absolute atomic E-state index is 0.0914. The van der Waals surface area contributed by atoms with Crippen LogP contribution in [0.1, 0.15) is 46.5 Å². The van der Waals surface area contributed by atoms with Gasteiger partial charge in [-0.05, 0) is 39.7 Å². The molecule has 1 rings (SSSR count). The first kappa shape index (κ1) is 17.0. The number of carbonyl (C=O) groups is 2. The zero-order valence-corrected chi connectivity index (χ0v) is 13.3. The standard InChI is InChI=1S/C15H29N3O2/c1-5-7-15(8-6-9-16-11-15)14(20)18(4)10-13(19)17-12(2)3/h12,16H,5-11H2,1-4H3,(H,17,19). The molecule has 1 fully saturated rings. The maximum Gasteiger partial charge on any atom is 0.239 e. The topological polar surface area (TPSA) is 61.4 Å². The highest BCUT2D eigenvalue weighted by Crippen LogP contribution is 2.33. The Morgan fingerprint density at radius 3 is 2.60 bits per heavy atom. The van der Waals surface area contributed by atoms with Crippen molar-refractivity contribution in [1.29, 1.82) is 0 Å². The molecule has 0 aromatic heterocycles. The van der Waals surface area contributed by atoms with E-state index in [4.69, 9.17) is 0 Å². The fraction of sp³-hybridized carbons (Fsp3) is 0.867. The van der Waals surface area contributed by atoms with Crippen molar-refractivity contribution in [2.75, 3.05) is 26.7 Å². The third-order valence-electron chi connectivity index (χ3n) is 3.83. The highest BCUT2D eigenvalue weighted by molar-refractivity contribution is 5.88. The number of likely N-dealkylation sites (N-methyl/N-ethyl adjacent to an activating group) is 1. The summed E-state index contributed by atoms with van der Waals surface area (Å²) in [6.07, 6.45) is 3.81. The molecule has 1 atom stereocenters. The van der Waals surface area contributed by atoms with Gasteiger partial charge in [0.25, 0.3) is 0 Å². The summed E-state index contributed by atoms with van der Waals surface area (Å²) in [6, 6.07) is 0.104. The maximum atomic E-state index is 12.7. The Labute approximate surface area is 122 Å². The lowest BCUT2D eigenvalue weighted by atomic mass is 9.76. The molecule has 5 heteroatoms. The zero-order chi connectivity index (χ0) is 15.2. The molecule has 2 amide bonds. The van der Waals surface area contributed by atoms with Crippen LogP contribution >= 0.6 is 0 Å². The van der Waals surface area contributed by atoms with E-state index in [0.29, 0.717) is 0 Å². The average molecular weight is 283 g/mol. The van der Waals surface area contributed by atoms with Crippen LogP contribution in [0.4, 0.5) is 0 Å². The maximum absolute atomic E-state index is 12.7. The summed E-state index contributed by atoms with van der Waals surface area (Å²) in [7, 11) is 1.73. The van der Waals surface area contributed by atoms with Crippen molar-refractivity contribution in [3.8, 4) is 0 Å². The minimum Gasteiger partial charge on any atom is -0.352 e. The SMILES string of the molecule is CCCC1(C(=O)N(C)CC(=O)NC(C)C)CCCNC1. The van der Waals surface area contributed by atoms with E-state index in [2.05, 4.69) is 17.6 Å². The fourth-order valence-corrected chi connectivity index (χ4v) is 3.01. The molecule has 1 heterocycles. The first-order valence-electron chi connectivity index (χ1n) is 7.67. The lowest BCUT2D eigenvalue weighted by molar-refractivity contribution is -0.145. The van der Waals surface area contributed by atoms with Crippen LogP contribution in [-0.2, 0) is 9.59 Å². The average Bonchev–Trinajstić information content (AvgIpc) is 2.38. The summed E-state index contributed by atoms with van der Waals surface area (Å²) in [5.74, 6) is 0.0109. The largest absolute Gasteiger partial charge is 0.352 e. The van der Waals surface area contributed by atoms with Crippen molar-refractivity contribution in [3.63, 3.8) is 0 Å². The number of rotatable bonds is 6. The second kappa shape index (κ2) is 7.62. The van der Waals surface area contributed by atoms with Gasteiger partial charge >= 0.3 is 0 Å². The van der Waals surface area contributed by atoms with Gasteiger partial charge in [-0.15, -0.1) is 0 Å². The van der Waals surface area contributed by atoms with Crippen LogP contribution in [0.25, 0.3) is 0 Å². The zero-order valence-electron chi connectivity index (χ0n) is 13.3. The number of nitrogens with one attached hydrogen (secondary N) is 2. The van der Waals surface area contributed by atoms with E-state index in [1.54, 1.807) is 11.9 Å². The molecule has 0 saturated carbocycles. The Bertz CT molecular complexity index is 331. The van der Waals surface area contributed by atoms with E-state index in [-0.39, 0.29) is 29.8 Å². The molecule has 116 valence electrons. The monoisotopic (exact) mass is 283 g/mol. The van der Waals surface area contributed by atoms with Crippen LogP contribution in [0.5, 0.6) is 0 Å². The minimum atomic E-state index is -0.320. The highest BCUT2D eigenvalue weighted by Gasteiger charge is 2.40. The van der Waals surface area contributed by atoms with Crippen LogP contribution < -0.4 is 10.6 Å². The van der Waals surface area contributed by atoms with Gasteiger partial charge in [-0.3, -0.25) is 9.59 Å². The van der Waals surface area contributed by atoms with Crippen molar-refractivity contribution >= 4 is 11.8 Å². The van der Waals surface area contributed by atoms with E-state index in [0.717, 1.165) is 38.8 Å². The molecular formula is C15H29N3O2. The van der Waals surface area contributed by atoms with Crippen molar-refractivity contribution in [2.45, 2.75) is 52.5 Å². The van der Waals surface area contributed by atoms with Gasteiger partial charge in [-0.2, -0.15) is 0 Å². The van der Waals surface area contributed by atoms with Crippen LogP contribution in [-0.4, -0.2) is 49.4 Å². The van der Waals surface area contributed by atoms with Gasteiger partial charge in [0.2, 0.25) is 11.8 Å². The normalized spacial score (nSPS) is 22.6. The van der Waals surface area contributed by atoms with Gasteiger partial charge in [0, 0.05) is 19.6 Å². The quantitative estimate of drug-likeness (QED) is 0.768. The highest BCUT2D eigenvalue weighted by atomic mass is 16.2. The Morgan fingerprint density at radius 1 is 1.40 bits per heavy atom.